The Kier molecular flexibility index (Phi) is 3.78. The molecule has 0 aliphatic carbocycles. The number of aromatic nitrogens is 4. The number of anilines is 1. The molecule has 2 N–H and O–H groups in total. The van der Waals surface area contributed by atoms with Gasteiger partial charge in [-0.1, -0.05) is 19.1 Å². The van der Waals surface area contributed by atoms with Crippen molar-refractivity contribution in [2.24, 2.45) is 7.05 Å². The lowest BCUT2D eigenvalue weighted by molar-refractivity contribution is 0.794. The molecule has 20 heavy (non-hydrogen) atoms. The summed E-state index contributed by atoms with van der Waals surface area (Å²) >= 11 is 0. The molecule has 0 saturated heterocycles. The van der Waals surface area contributed by atoms with Gasteiger partial charge in [-0.15, -0.1) is 0 Å². The molecule has 2 rings (SSSR count). The molecule has 0 spiro atoms. The zero-order valence-electron chi connectivity index (χ0n) is 12.0. The van der Waals surface area contributed by atoms with E-state index >= 15 is 0 Å². The number of aromatic amines is 1. The molecule has 0 aromatic carbocycles. The van der Waals surface area contributed by atoms with Gasteiger partial charge >= 0.3 is 5.69 Å². The van der Waals surface area contributed by atoms with Crippen LogP contribution in [0.3, 0.4) is 0 Å². The molecule has 108 valence electrons. The van der Waals surface area contributed by atoms with Crippen molar-refractivity contribution >= 4 is 17.1 Å². The van der Waals surface area contributed by atoms with E-state index < -0.39 is 11.2 Å². The highest BCUT2D eigenvalue weighted by atomic mass is 16.2. The third-order valence-electron chi connectivity index (χ3n) is 2.97. The van der Waals surface area contributed by atoms with Gasteiger partial charge in [-0.2, -0.15) is 4.98 Å². The van der Waals surface area contributed by atoms with Gasteiger partial charge in [-0.05, 0) is 13.3 Å². The first kappa shape index (κ1) is 14.1. The van der Waals surface area contributed by atoms with E-state index in [-0.39, 0.29) is 0 Å². The van der Waals surface area contributed by atoms with Crippen LogP contribution in [0.1, 0.15) is 20.3 Å². The van der Waals surface area contributed by atoms with E-state index in [1.165, 1.54) is 4.57 Å². The molecule has 0 amide bonds. The molecule has 0 bridgehead atoms. The summed E-state index contributed by atoms with van der Waals surface area (Å²) in [7, 11) is 1.59. The molecule has 2 heterocycles. The number of hydrogen-bond acceptors (Lipinski definition) is 4. The number of rotatable bonds is 5. The Labute approximate surface area is 116 Å². The second-order valence-electron chi connectivity index (χ2n) is 4.90. The van der Waals surface area contributed by atoms with Gasteiger partial charge in [0.05, 0.1) is 0 Å². The Morgan fingerprint density at radius 1 is 1.45 bits per heavy atom. The Hall–Kier alpha value is -2.31. The summed E-state index contributed by atoms with van der Waals surface area (Å²) in [6.07, 6.45) is 0.936. The van der Waals surface area contributed by atoms with Crippen LogP contribution in [-0.4, -0.2) is 25.6 Å². The van der Waals surface area contributed by atoms with Gasteiger partial charge in [0.25, 0.3) is 5.56 Å². The summed E-state index contributed by atoms with van der Waals surface area (Å²) in [4.78, 5) is 30.4. The molecule has 0 unspecified atom stereocenters. The summed E-state index contributed by atoms with van der Waals surface area (Å²) in [6.45, 7) is 9.01. The van der Waals surface area contributed by atoms with Crippen LogP contribution < -0.4 is 16.6 Å². The van der Waals surface area contributed by atoms with Crippen molar-refractivity contribution < 1.29 is 0 Å². The number of fused-ring (bicyclic) bond motifs is 1. The van der Waals surface area contributed by atoms with Gasteiger partial charge in [0.15, 0.2) is 11.2 Å². The van der Waals surface area contributed by atoms with E-state index in [0.717, 1.165) is 18.5 Å². The van der Waals surface area contributed by atoms with Gasteiger partial charge in [0.1, 0.15) is 0 Å². The minimum absolute atomic E-state index is 0.374. The first-order valence-electron chi connectivity index (χ1n) is 6.53. The fourth-order valence-electron chi connectivity index (χ4n) is 2.03. The van der Waals surface area contributed by atoms with Crippen molar-refractivity contribution in [1.82, 2.24) is 19.1 Å². The number of hydrogen-bond donors (Lipinski definition) is 2. The molecule has 0 saturated carbocycles. The maximum absolute atomic E-state index is 12.1. The van der Waals surface area contributed by atoms with Gasteiger partial charge in [-0.3, -0.25) is 14.3 Å². The predicted molar refractivity (Wildman–Crippen MR) is 79.2 cm³/mol. The Balaban J connectivity index is 2.75. The molecule has 0 aliphatic heterocycles. The first-order valence-corrected chi connectivity index (χ1v) is 6.53. The molecule has 0 aliphatic rings. The van der Waals surface area contributed by atoms with Crippen LogP contribution in [0.5, 0.6) is 0 Å². The minimum atomic E-state index is -0.468. The lowest BCUT2D eigenvalue weighted by atomic mass is 10.3. The van der Waals surface area contributed by atoms with Crippen LogP contribution >= 0.6 is 0 Å². The summed E-state index contributed by atoms with van der Waals surface area (Å²) in [6, 6.07) is 0. The van der Waals surface area contributed by atoms with E-state index in [4.69, 9.17) is 0 Å². The van der Waals surface area contributed by atoms with Crippen molar-refractivity contribution in [2.45, 2.75) is 26.8 Å². The minimum Gasteiger partial charge on any atom is -0.356 e. The molecule has 7 heteroatoms. The zero-order chi connectivity index (χ0) is 14.9. The van der Waals surface area contributed by atoms with Crippen LogP contribution in [0.4, 0.5) is 5.95 Å². The van der Waals surface area contributed by atoms with E-state index in [1.54, 1.807) is 11.6 Å². The molecular formula is C13H19N5O2. The van der Waals surface area contributed by atoms with Crippen LogP contribution in [0.2, 0.25) is 0 Å². The summed E-state index contributed by atoms with van der Waals surface area (Å²) in [5, 5.41) is 3.17. The lowest BCUT2D eigenvalue weighted by Crippen LogP contribution is -2.29. The predicted octanol–water partition coefficient (Wildman–Crippen LogP) is 0.821. The van der Waals surface area contributed by atoms with Crippen LogP contribution in [-0.2, 0) is 13.6 Å². The van der Waals surface area contributed by atoms with Gasteiger partial charge in [-0.25, -0.2) is 4.79 Å². The average Bonchev–Trinajstić information content (AvgIpc) is 2.72. The maximum atomic E-state index is 12.1. The van der Waals surface area contributed by atoms with E-state index in [1.807, 2.05) is 13.8 Å². The number of H-pyrrole nitrogens is 1. The third-order valence-corrected chi connectivity index (χ3v) is 2.97. The van der Waals surface area contributed by atoms with Crippen LogP contribution in [0, 0.1) is 0 Å². The second kappa shape index (κ2) is 5.36. The first-order chi connectivity index (χ1) is 9.45. The Morgan fingerprint density at radius 3 is 2.75 bits per heavy atom. The van der Waals surface area contributed by atoms with Gasteiger partial charge < -0.3 is 9.88 Å². The molecule has 2 aromatic rings. The maximum Gasteiger partial charge on any atom is 0.329 e. The van der Waals surface area contributed by atoms with Crippen molar-refractivity contribution in [2.75, 3.05) is 11.9 Å². The highest BCUT2D eigenvalue weighted by Crippen LogP contribution is 2.16. The lowest BCUT2D eigenvalue weighted by Gasteiger charge is -2.09. The summed E-state index contributed by atoms with van der Waals surface area (Å²) < 4.78 is 3.09. The average molecular weight is 277 g/mol. The molecule has 7 nitrogen and oxygen atoms in total. The van der Waals surface area contributed by atoms with E-state index in [0.29, 0.717) is 23.7 Å². The highest BCUT2D eigenvalue weighted by Gasteiger charge is 2.16. The fraction of sp³-hybridized carbons (Fsp3) is 0.462. The van der Waals surface area contributed by atoms with Crippen molar-refractivity contribution in [3.63, 3.8) is 0 Å². The molecule has 0 atom stereocenters. The van der Waals surface area contributed by atoms with Gasteiger partial charge in [0.2, 0.25) is 5.95 Å². The largest absolute Gasteiger partial charge is 0.356 e. The van der Waals surface area contributed by atoms with E-state index in [9.17, 15) is 9.59 Å². The normalized spacial score (nSPS) is 10.9. The molecule has 0 fully saturated rings. The van der Waals surface area contributed by atoms with Crippen molar-refractivity contribution in [3.05, 3.63) is 33.0 Å². The Morgan fingerprint density at radius 2 is 2.15 bits per heavy atom. The standard InChI is InChI=1S/C13H19N5O2/c1-5-6-14-12-15-10-9(18(12)7-8(2)3)11(19)16-13(20)17(10)4/h2,5-7H2,1,3-4H3,(H,14,15)(H,16,19,20). The molecular weight excluding hydrogens is 258 g/mol. The van der Waals surface area contributed by atoms with Gasteiger partial charge in [0, 0.05) is 20.1 Å². The van der Waals surface area contributed by atoms with Crippen molar-refractivity contribution in [1.29, 1.82) is 0 Å². The SMILES string of the molecule is C=C(C)Cn1c(NCCC)nc2c1c(=O)[nH]c(=O)n2C. The fourth-order valence-corrected chi connectivity index (χ4v) is 2.03. The number of allylic oxidation sites excluding steroid dienone is 1. The zero-order valence-corrected chi connectivity index (χ0v) is 12.0. The third kappa shape index (κ3) is 2.38. The smallest absolute Gasteiger partial charge is 0.329 e. The van der Waals surface area contributed by atoms with Crippen molar-refractivity contribution in [3.8, 4) is 0 Å². The number of nitrogens with one attached hydrogen (secondary N) is 2. The number of nitrogens with zero attached hydrogens (tertiary/aromatic N) is 3. The van der Waals surface area contributed by atoms with Crippen LogP contribution in [0.25, 0.3) is 11.2 Å². The monoisotopic (exact) mass is 277 g/mol. The summed E-state index contributed by atoms with van der Waals surface area (Å²) in [5.74, 6) is 0.580. The quantitative estimate of drug-likeness (QED) is 0.792. The topological polar surface area (TPSA) is 84.7 Å². The summed E-state index contributed by atoms with van der Waals surface area (Å²) in [5.41, 5.74) is 0.760. The molecule has 0 radical (unpaired) electrons. The van der Waals surface area contributed by atoms with Crippen LogP contribution in [0.15, 0.2) is 21.7 Å². The highest BCUT2D eigenvalue weighted by molar-refractivity contribution is 5.74. The molecule has 2 aromatic heterocycles. The second-order valence-corrected chi connectivity index (χ2v) is 4.90. The Bertz CT molecular complexity index is 765. The number of imidazole rings is 1. The number of aryl methyl sites for hydroxylation is 1. The van der Waals surface area contributed by atoms with E-state index in [2.05, 4.69) is 21.9 Å².